The van der Waals surface area contributed by atoms with Gasteiger partial charge in [-0.25, -0.2) is 0 Å². The summed E-state index contributed by atoms with van der Waals surface area (Å²) in [6.07, 6.45) is 1.15. The van der Waals surface area contributed by atoms with Gasteiger partial charge < -0.3 is 15.4 Å². The standard InChI is InChI=1S/C16H25N3O/c1-13(17)14-2-3-16-15(12-14)4-5-19(16)7-6-18-8-10-20-11-9-18/h2-3,12-13H,4-11,17H2,1H3. The van der Waals surface area contributed by atoms with Gasteiger partial charge in [-0.15, -0.1) is 0 Å². The van der Waals surface area contributed by atoms with E-state index in [9.17, 15) is 0 Å². The summed E-state index contributed by atoms with van der Waals surface area (Å²) in [5, 5.41) is 0. The second-order valence-electron chi connectivity index (χ2n) is 5.87. The molecule has 0 aliphatic carbocycles. The van der Waals surface area contributed by atoms with Gasteiger partial charge in [-0.3, -0.25) is 4.90 Å². The Hall–Kier alpha value is -1.10. The molecule has 1 aromatic rings. The molecule has 4 heteroatoms. The Balaban J connectivity index is 1.61. The third-order valence-electron chi connectivity index (χ3n) is 4.41. The quantitative estimate of drug-likeness (QED) is 0.902. The van der Waals surface area contributed by atoms with Gasteiger partial charge in [0.15, 0.2) is 0 Å². The first-order valence-electron chi connectivity index (χ1n) is 7.67. The molecular formula is C16H25N3O. The lowest BCUT2D eigenvalue weighted by Gasteiger charge is -2.29. The highest BCUT2D eigenvalue weighted by atomic mass is 16.5. The van der Waals surface area contributed by atoms with Gasteiger partial charge in [-0.05, 0) is 30.5 Å². The minimum atomic E-state index is 0.127. The predicted molar refractivity (Wildman–Crippen MR) is 82.2 cm³/mol. The average Bonchev–Trinajstić information content (AvgIpc) is 2.88. The molecular weight excluding hydrogens is 250 g/mol. The second-order valence-corrected chi connectivity index (χ2v) is 5.87. The van der Waals surface area contributed by atoms with E-state index in [0.717, 1.165) is 52.4 Å². The zero-order chi connectivity index (χ0) is 13.9. The van der Waals surface area contributed by atoms with Crippen LogP contribution in [0.3, 0.4) is 0 Å². The van der Waals surface area contributed by atoms with Crippen molar-refractivity contribution in [3.8, 4) is 0 Å². The fourth-order valence-electron chi connectivity index (χ4n) is 3.09. The zero-order valence-corrected chi connectivity index (χ0v) is 12.3. The topological polar surface area (TPSA) is 41.7 Å². The molecule has 20 heavy (non-hydrogen) atoms. The van der Waals surface area contributed by atoms with Crippen LogP contribution in [0.2, 0.25) is 0 Å². The summed E-state index contributed by atoms with van der Waals surface area (Å²) in [6.45, 7) is 9.36. The van der Waals surface area contributed by atoms with Crippen LogP contribution in [0.1, 0.15) is 24.1 Å². The number of rotatable bonds is 4. The van der Waals surface area contributed by atoms with Crippen molar-refractivity contribution in [3.05, 3.63) is 29.3 Å². The number of fused-ring (bicyclic) bond motifs is 1. The van der Waals surface area contributed by atoms with E-state index in [0.29, 0.717) is 0 Å². The molecule has 1 saturated heterocycles. The third kappa shape index (κ3) is 2.97. The maximum atomic E-state index is 5.97. The molecule has 0 radical (unpaired) electrons. The fraction of sp³-hybridized carbons (Fsp3) is 0.625. The van der Waals surface area contributed by atoms with E-state index in [4.69, 9.17) is 10.5 Å². The SMILES string of the molecule is CC(N)c1ccc2c(c1)CCN2CCN1CCOCC1. The molecule has 1 unspecified atom stereocenters. The molecule has 2 aliphatic heterocycles. The minimum absolute atomic E-state index is 0.127. The van der Waals surface area contributed by atoms with Crippen LogP contribution in [0, 0.1) is 0 Å². The van der Waals surface area contributed by atoms with Crippen molar-refractivity contribution < 1.29 is 4.74 Å². The molecule has 4 nitrogen and oxygen atoms in total. The molecule has 0 bridgehead atoms. The number of hydrogen-bond acceptors (Lipinski definition) is 4. The lowest BCUT2D eigenvalue weighted by Crippen LogP contribution is -2.41. The van der Waals surface area contributed by atoms with Crippen LogP contribution in [0.4, 0.5) is 5.69 Å². The van der Waals surface area contributed by atoms with Crippen molar-refractivity contribution >= 4 is 5.69 Å². The molecule has 1 fully saturated rings. The maximum absolute atomic E-state index is 5.97. The Bertz CT molecular complexity index is 455. The van der Waals surface area contributed by atoms with Crippen LogP contribution >= 0.6 is 0 Å². The summed E-state index contributed by atoms with van der Waals surface area (Å²) in [6, 6.07) is 6.84. The first kappa shape index (κ1) is 13.9. The largest absolute Gasteiger partial charge is 0.379 e. The molecule has 2 aliphatic rings. The molecule has 110 valence electrons. The summed E-state index contributed by atoms with van der Waals surface area (Å²) >= 11 is 0. The molecule has 0 amide bonds. The highest BCUT2D eigenvalue weighted by Gasteiger charge is 2.20. The molecule has 0 spiro atoms. The van der Waals surface area contributed by atoms with Crippen LogP contribution < -0.4 is 10.6 Å². The van der Waals surface area contributed by atoms with E-state index < -0.39 is 0 Å². The predicted octanol–water partition coefficient (Wildman–Crippen LogP) is 1.40. The molecule has 0 saturated carbocycles. The van der Waals surface area contributed by atoms with Crippen LogP contribution in [0.5, 0.6) is 0 Å². The number of morpholine rings is 1. The van der Waals surface area contributed by atoms with Gasteiger partial charge in [0.05, 0.1) is 13.2 Å². The van der Waals surface area contributed by atoms with E-state index in [1.807, 2.05) is 6.92 Å². The van der Waals surface area contributed by atoms with Crippen molar-refractivity contribution in [1.29, 1.82) is 0 Å². The second kappa shape index (κ2) is 6.12. The van der Waals surface area contributed by atoms with Crippen LogP contribution in [-0.2, 0) is 11.2 Å². The summed E-state index contributed by atoms with van der Waals surface area (Å²) in [5.41, 5.74) is 10.1. The number of nitrogens with zero attached hydrogens (tertiary/aromatic N) is 2. The molecule has 0 aromatic heterocycles. The molecule has 1 aromatic carbocycles. The lowest BCUT2D eigenvalue weighted by atomic mass is 10.0. The summed E-state index contributed by atoms with van der Waals surface area (Å²) in [7, 11) is 0. The Labute approximate surface area is 121 Å². The van der Waals surface area contributed by atoms with E-state index in [1.165, 1.54) is 16.8 Å². The highest BCUT2D eigenvalue weighted by Crippen LogP contribution is 2.29. The van der Waals surface area contributed by atoms with Gasteiger partial charge >= 0.3 is 0 Å². The van der Waals surface area contributed by atoms with Crippen molar-refractivity contribution in [2.75, 3.05) is 50.8 Å². The number of hydrogen-bond donors (Lipinski definition) is 1. The monoisotopic (exact) mass is 275 g/mol. The summed E-state index contributed by atoms with van der Waals surface area (Å²) in [4.78, 5) is 5.01. The average molecular weight is 275 g/mol. The third-order valence-corrected chi connectivity index (χ3v) is 4.41. The smallest absolute Gasteiger partial charge is 0.0594 e. The van der Waals surface area contributed by atoms with E-state index in [-0.39, 0.29) is 6.04 Å². The van der Waals surface area contributed by atoms with Crippen LogP contribution in [-0.4, -0.2) is 50.8 Å². The van der Waals surface area contributed by atoms with Gasteiger partial charge in [-0.2, -0.15) is 0 Å². The lowest BCUT2D eigenvalue weighted by molar-refractivity contribution is 0.0392. The van der Waals surface area contributed by atoms with E-state index in [2.05, 4.69) is 28.0 Å². The Morgan fingerprint density at radius 3 is 2.75 bits per heavy atom. The summed E-state index contributed by atoms with van der Waals surface area (Å²) in [5.74, 6) is 0. The van der Waals surface area contributed by atoms with Crippen LogP contribution in [0.15, 0.2) is 18.2 Å². The Morgan fingerprint density at radius 2 is 2.00 bits per heavy atom. The number of nitrogens with two attached hydrogens (primary N) is 1. The molecule has 2 heterocycles. The normalized spacial score (nSPS) is 21.0. The minimum Gasteiger partial charge on any atom is -0.379 e. The van der Waals surface area contributed by atoms with Crippen LogP contribution in [0.25, 0.3) is 0 Å². The van der Waals surface area contributed by atoms with Crippen molar-refractivity contribution in [3.63, 3.8) is 0 Å². The van der Waals surface area contributed by atoms with Gasteiger partial charge in [0, 0.05) is 44.5 Å². The summed E-state index contributed by atoms with van der Waals surface area (Å²) < 4.78 is 5.40. The van der Waals surface area contributed by atoms with Gasteiger partial charge in [0.25, 0.3) is 0 Å². The number of ether oxygens (including phenoxy) is 1. The first-order chi connectivity index (χ1) is 9.74. The van der Waals surface area contributed by atoms with Crippen molar-refractivity contribution in [1.82, 2.24) is 4.90 Å². The first-order valence-corrected chi connectivity index (χ1v) is 7.67. The fourth-order valence-corrected chi connectivity index (χ4v) is 3.09. The molecule has 2 N–H and O–H groups in total. The molecule has 1 atom stereocenters. The maximum Gasteiger partial charge on any atom is 0.0594 e. The number of benzene rings is 1. The zero-order valence-electron chi connectivity index (χ0n) is 12.3. The van der Waals surface area contributed by atoms with E-state index in [1.54, 1.807) is 0 Å². The van der Waals surface area contributed by atoms with Gasteiger partial charge in [0.1, 0.15) is 0 Å². The van der Waals surface area contributed by atoms with Gasteiger partial charge in [-0.1, -0.05) is 12.1 Å². The van der Waals surface area contributed by atoms with Gasteiger partial charge in [0.2, 0.25) is 0 Å². The van der Waals surface area contributed by atoms with E-state index >= 15 is 0 Å². The van der Waals surface area contributed by atoms with Crippen molar-refractivity contribution in [2.24, 2.45) is 5.73 Å². The number of anilines is 1. The molecule has 3 rings (SSSR count). The Morgan fingerprint density at radius 1 is 1.20 bits per heavy atom. The van der Waals surface area contributed by atoms with Crippen molar-refractivity contribution in [2.45, 2.75) is 19.4 Å². The Kier molecular flexibility index (Phi) is 4.24. The highest BCUT2D eigenvalue weighted by molar-refractivity contribution is 5.59.